The molecule has 1 atom stereocenters. The molecule has 3 N–H and O–H groups in total. The zero-order valence-corrected chi connectivity index (χ0v) is 9.27. The van der Waals surface area contributed by atoms with Gasteiger partial charge < -0.3 is 11.1 Å². The summed E-state index contributed by atoms with van der Waals surface area (Å²) < 4.78 is 0. The minimum absolute atomic E-state index is 0.335. The monoisotopic (exact) mass is 184 g/mol. The van der Waals surface area contributed by atoms with Crippen LogP contribution >= 0.6 is 0 Å². The zero-order chi connectivity index (χ0) is 9.90. The van der Waals surface area contributed by atoms with E-state index in [0.29, 0.717) is 11.5 Å². The minimum atomic E-state index is 0.335. The molecular formula is C11H24N2. The first kappa shape index (κ1) is 11.0. The second-order valence-electron chi connectivity index (χ2n) is 4.96. The van der Waals surface area contributed by atoms with Gasteiger partial charge in [-0.05, 0) is 44.1 Å². The predicted octanol–water partition coefficient (Wildman–Crippen LogP) is 1.75. The maximum absolute atomic E-state index is 5.68. The fourth-order valence-corrected chi connectivity index (χ4v) is 1.79. The zero-order valence-electron chi connectivity index (χ0n) is 9.27. The van der Waals surface area contributed by atoms with Crippen LogP contribution < -0.4 is 11.1 Å². The molecule has 0 aromatic carbocycles. The van der Waals surface area contributed by atoms with Crippen molar-refractivity contribution in [3.63, 3.8) is 0 Å². The molecule has 0 aliphatic heterocycles. The SMILES string of the molecule is CC(N)CCNCC1(C(C)C)CC1. The number of nitrogens with one attached hydrogen (secondary N) is 1. The van der Waals surface area contributed by atoms with Gasteiger partial charge in [0.25, 0.3) is 0 Å². The number of hydrogen-bond acceptors (Lipinski definition) is 2. The van der Waals surface area contributed by atoms with Crippen LogP contribution in [-0.2, 0) is 0 Å². The highest BCUT2D eigenvalue weighted by Crippen LogP contribution is 2.51. The van der Waals surface area contributed by atoms with Gasteiger partial charge in [0.1, 0.15) is 0 Å². The van der Waals surface area contributed by atoms with E-state index in [9.17, 15) is 0 Å². The summed E-state index contributed by atoms with van der Waals surface area (Å²) in [6.45, 7) is 9.00. The molecule has 78 valence electrons. The topological polar surface area (TPSA) is 38.0 Å². The number of hydrogen-bond donors (Lipinski definition) is 2. The summed E-state index contributed by atoms with van der Waals surface area (Å²) in [5.74, 6) is 0.829. The van der Waals surface area contributed by atoms with E-state index in [2.05, 4.69) is 26.1 Å². The lowest BCUT2D eigenvalue weighted by atomic mass is 9.92. The van der Waals surface area contributed by atoms with Crippen molar-refractivity contribution >= 4 is 0 Å². The van der Waals surface area contributed by atoms with E-state index in [1.807, 2.05) is 0 Å². The first-order valence-corrected chi connectivity index (χ1v) is 5.53. The van der Waals surface area contributed by atoms with Crippen molar-refractivity contribution in [2.24, 2.45) is 17.1 Å². The van der Waals surface area contributed by atoms with Crippen LogP contribution in [0.3, 0.4) is 0 Å². The summed E-state index contributed by atoms with van der Waals surface area (Å²) in [7, 11) is 0. The van der Waals surface area contributed by atoms with Crippen LogP contribution in [0.15, 0.2) is 0 Å². The lowest BCUT2D eigenvalue weighted by Gasteiger charge is -2.20. The van der Waals surface area contributed by atoms with Crippen LogP contribution in [0, 0.1) is 11.3 Å². The molecule has 0 aromatic heterocycles. The summed E-state index contributed by atoms with van der Waals surface area (Å²) in [4.78, 5) is 0. The summed E-state index contributed by atoms with van der Waals surface area (Å²) >= 11 is 0. The van der Waals surface area contributed by atoms with Crippen molar-refractivity contribution in [2.75, 3.05) is 13.1 Å². The lowest BCUT2D eigenvalue weighted by Crippen LogP contribution is -2.31. The van der Waals surface area contributed by atoms with E-state index >= 15 is 0 Å². The normalized spacial score (nSPS) is 21.9. The van der Waals surface area contributed by atoms with Gasteiger partial charge in [0.05, 0.1) is 0 Å². The van der Waals surface area contributed by atoms with Crippen LogP contribution in [0.25, 0.3) is 0 Å². The van der Waals surface area contributed by atoms with E-state index in [1.165, 1.54) is 19.4 Å². The second kappa shape index (κ2) is 4.43. The summed E-state index contributed by atoms with van der Waals surface area (Å²) in [5.41, 5.74) is 6.31. The maximum Gasteiger partial charge on any atom is 0.00225 e. The molecule has 1 aliphatic rings. The molecule has 2 heteroatoms. The van der Waals surface area contributed by atoms with E-state index in [0.717, 1.165) is 18.9 Å². The van der Waals surface area contributed by atoms with Gasteiger partial charge >= 0.3 is 0 Å². The molecule has 1 unspecified atom stereocenters. The third kappa shape index (κ3) is 3.28. The molecule has 1 fully saturated rings. The Bertz CT molecular complexity index is 148. The lowest BCUT2D eigenvalue weighted by molar-refractivity contribution is 0.336. The summed E-state index contributed by atoms with van der Waals surface area (Å²) in [6.07, 6.45) is 3.92. The van der Waals surface area contributed by atoms with Crippen molar-refractivity contribution in [2.45, 2.75) is 46.1 Å². The molecule has 13 heavy (non-hydrogen) atoms. The maximum atomic E-state index is 5.68. The van der Waals surface area contributed by atoms with Crippen molar-refractivity contribution < 1.29 is 0 Å². The largest absolute Gasteiger partial charge is 0.328 e. The Balaban J connectivity index is 2.06. The van der Waals surface area contributed by atoms with Gasteiger partial charge in [-0.15, -0.1) is 0 Å². The molecule has 0 amide bonds. The molecular weight excluding hydrogens is 160 g/mol. The predicted molar refractivity (Wildman–Crippen MR) is 57.6 cm³/mol. The van der Waals surface area contributed by atoms with E-state index in [1.54, 1.807) is 0 Å². The third-order valence-electron chi connectivity index (χ3n) is 3.37. The Kier molecular flexibility index (Phi) is 3.74. The minimum Gasteiger partial charge on any atom is -0.328 e. The van der Waals surface area contributed by atoms with E-state index < -0.39 is 0 Å². The molecule has 0 aromatic rings. The van der Waals surface area contributed by atoms with Gasteiger partial charge in [0, 0.05) is 12.6 Å². The molecule has 2 nitrogen and oxygen atoms in total. The molecule has 0 radical (unpaired) electrons. The van der Waals surface area contributed by atoms with Crippen LogP contribution in [0.4, 0.5) is 0 Å². The first-order valence-electron chi connectivity index (χ1n) is 5.53. The molecule has 1 aliphatic carbocycles. The second-order valence-corrected chi connectivity index (χ2v) is 4.96. The quantitative estimate of drug-likeness (QED) is 0.617. The van der Waals surface area contributed by atoms with Gasteiger partial charge in [-0.25, -0.2) is 0 Å². The van der Waals surface area contributed by atoms with Gasteiger partial charge in [-0.2, -0.15) is 0 Å². The smallest absolute Gasteiger partial charge is 0.00225 e. The number of rotatable bonds is 6. The Labute approximate surface area is 82.3 Å². The standard InChI is InChI=1S/C11H24N2/c1-9(2)11(5-6-11)8-13-7-4-10(3)12/h9-10,13H,4-8,12H2,1-3H3. The van der Waals surface area contributed by atoms with E-state index in [-0.39, 0.29) is 0 Å². The average Bonchev–Trinajstić information content (AvgIpc) is 2.78. The Morgan fingerprint density at radius 3 is 2.31 bits per heavy atom. The highest BCUT2D eigenvalue weighted by molar-refractivity contribution is 4.96. The van der Waals surface area contributed by atoms with Gasteiger partial charge in [0.15, 0.2) is 0 Å². The Morgan fingerprint density at radius 2 is 1.92 bits per heavy atom. The molecule has 0 bridgehead atoms. The Morgan fingerprint density at radius 1 is 1.31 bits per heavy atom. The summed E-state index contributed by atoms with van der Waals surface area (Å²) in [6, 6.07) is 0.335. The van der Waals surface area contributed by atoms with Crippen molar-refractivity contribution in [3.8, 4) is 0 Å². The average molecular weight is 184 g/mol. The van der Waals surface area contributed by atoms with E-state index in [4.69, 9.17) is 5.73 Å². The van der Waals surface area contributed by atoms with Crippen molar-refractivity contribution in [3.05, 3.63) is 0 Å². The van der Waals surface area contributed by atoms with Gasteiger partial charge in [0.2, 0.25) is 0 Å². The van der Waals surface area contributed by atoms with Crippen LogP contribution in [0.1, 0.15) is 40.0 Å². The van der Waals surface area contributed by atoms with Crippen LogP contribution in [0.5, 0.6) is 0 Å². The highest BCUT2D eigenvalue weighted by Gasteiger charge is 2.44. The summed E-state index contributed by atoms with van der Waals surface area (Å²) in [5, 5.41) is 3.52. The fourth-order valence-electron chi connectivity index (χ4n) is 1.79. The van der Waals surface area contributed by atoms with Gasteiger partial charge in [-0.1, -0.05) is 13.8 Å². The van der Waals surface area contributed by atoms with Gasteiger partial charge in [-0.3, -0.25) is 0 Å². The fraction of sp³-hybridized carbons (Fsp3) is 1.00. The van der Waals surface area contributed by atoms with Crippen LogP contribution in [0.2, 0.25) is 0 Å². The van der Waals surface area contributed by atoms with Crippen molar-refractivity contribution in [1.29, 1.82) is 0 Å². The van der Waals surface area contributed by atoms with Crippen molar-refractivity contribution in [1.82, 2.24) is 5.32 Å². The molecule has 0 saturated heterocycles. The Hall–Kier alpha value is -0.0800. The number of nitrogens with two attached hydrogens (primary N) is 1. The molecule has 1 saturated carbocycles. The molecule has 1 rings (SSSR count). The van der Waals surface area contributed by atoms with Crippen LogP contribution in [-0.4, -0.2) is 19.1 Å². The molecule has 0 spiro atoms. The highest BCUT2D eigenvalue weighted by atomic mass is 14.9. The molecule has 0 heterocycles. The third-order valence-corrected chi connectivity index (χ3v) is 3.37. The first-order chi connectivity index (χ1) is 6.07.